The van der Waals surface area contributed by atoms with Crippen molar-refractivity contribution in [1.29, 1.82) is 0 Å². The lowest BCUT2D eigenvalue weighted by molar-refractivity contribution is 0.0939. The van der Waals surface area contributed by atoms with E-state index >= 15 is 0 Å². The summed E-state index contributed by atoms with van der Waals surface area (Å²) in [5, 5.41) is 2.89. The molecule has 0 heterocycles. The van der Waals surface area contributed by atoms with Gasteiger partial charge in [-0.1, -0.05) is 32.1 Å². The number of carbonyl (C=O) groups excluding carboxylic acids is 1. The fourth-order valence-electron chi connectivity index (χ4n) is 2.75. The molecule has 0 radical (unpaired) electrons. The maximum atomic E-state index is 12.7. The number of hydrogen-bond acceptors (Lipinski definition) is 5. The van der Waals surface area contributed by atoms with E-state index in [1.54, 1.807) is 13.2 Å². The summed E-state index contributed by atoms with van der Waals surface area (Å²) in [4.78, 5) is 12.7. The van der Waals surface area contributed by atoms with Crippen molar-refractivity contribution in [1.82, 2.24) is 10.0 Å². The monoisotopic (exact) mass is 446 g/mol. The molecule has 0 aromatic heterocycles. The second-order valence-corrected chi connectivity index (χ2v) is 9.25. The lowest BCUT2D eigenvalue weighted by atomic mass is 10.1. The van der Waals surface area contributed by atoms with E-state index in [1.807, 2.05) is 25.1 Å². The Hall–Kier alpha value is -2.84. The first-order chi connectivity index (χ1) is 14.7. The summed E-state index contributed by atoms with van der Waals surface area (Å²) in [6.45, 7) is 10.1. The summed E-state index contributed by atoms with van der Waals surface area (Å²) < 4.78 is 38.2. The molecule has 168 valence electrons. The molecule has 0 aliphatic rings. The molecule has 31 heavy (non-hydrogen) atoms. The largest absolute Gasteiger partial charge is 0.493 e. The van der Waals surface area contributed by atoms with Gasteiger partial charge in [0.2, 0.25) is 10.0 Å². The zero-order chi connectivity index (χ0) is 23.0. The van der Waals surface area contributed by atoms with Gasteiger partial charge in [0, 0.05) is 12.1 Å². The Bertz CT molecular complexity index is 1020. The average Bonchev–Trinajstić information content (AvgIpc) is 2.76. The molecule has 2 N–H and O–H groups in total. The van der Waals surface area contributed by atoms with Crippen molar-refractivity contribution in [3.63, 3.8) is 0 Å². The third-order valence-corrected chi connectivity index (χ3v) is 5.85. The van der Waals surface area contributed by atoms with E-state index in [9.17, 15) is 13.2 Å². The Morgan fingerprint density at radius 3 is 2.52 bits per heavy atom. The van der Waals surface area contributed by atoms with E-state index < -0.39 is 10.0 Å². The maximum absolute atomic E-state index is 12.7. The van der Waals surface area contributed by atoms with Gasteiger partial charge in [-0.3, -0.25) is 4.79 Å². The number of benzene rings is 2. The molecule has 1 unspecified atom stereocenters. The molecular weight excluding hydrogens is 416 g/mol. The first-order valence-electron chi connectivity index (χ1n) is 10.00. The van der Waals surface area contributed by atoms with Crippen LogP contribution in [0.5, 0.6) is 11.5 Å². The molecular formula is C23H30N2O5S. The number of carbonyl (C=O) groups is 1. The zero-order valence-electron chi connectivity index (χ0n) is 18.3. The van der Waals surface area contributed by atoms with Gasteiger partial charge in [0.25, 0.3) is 5.91 Å². The number of rotatable bonds is 11. The number of sulfonamides is 1. The van der Waals surface area contributed by atoms with Crippen molar-refractivity contribution in [3.05, 3.63) is 66.2 Å². The van der Waals surface area contributed by atoms with Crippen LogP contribution in [0.2, 0.25) is 0 Å². The predicted octanol–water partition coefficient (Wildman–Crippen LogP) is 3.69. The van der Waals surface area contributed by atoms with E-state index in [2.05, 4.69) is 30.5 Å². The Labute approximate surface area is 184 Å². The number of hydrogen-bond donors (Lipinski definition) is 2. The molecule has 0 spiro atoms. The molecule has 0 bridgehead atoms. The Morgan fingerprint density at radius 2 is 1.87 bits per heavy atom. The third-order valence-electron chi connectivity index (χ3n) is 4.43. The second-order valence-electron chi connectivity index (χ2n) is 7.48. The first-order valence-corrected chi connectivity index (χ1v) is 11.5. The summed E-state index contributed by atoms with van der Waals surface area (Å²) in [5.74, 6) is 1.23. The van der Waals surface area contributed by atoms with E-state index in [0.717, 1.165) is 5.56 Å². The minimum absolute atomic E-state index is 0.0166. The van der Waals surface area contributed by atoms with Gasteiger partial charge in [0.1, 0.15) is 0 Å². The minimum Gasteiger partial charge on any atom is -0.493 e. The summed E-state index contributed by atoms with van der Waals surface area (Å²) in [6.07, 6.45) is 1.45. The van der Waals surface area contributed by atoms with Gasteiger partial charge in [-0.2, -0.15) is 0 Å². The molecule has 0 aliphatic heterocycles. The fraction of sp³-hybridized carbons (Fsp3) is 0.348. The number of methoxy groups -OCH3 is 1. The van der Waals surface area contributed by atoms with Crippen LogP contribution >= 0.6 is 0 Å². The SMILES string of the molecule is C=CCNS(=O)(=O)c1cccc(C(=O)NC(C)c2ccc(OCC(C)C)c(OC)c2)c1. The summed E-state index contributed by atoms with van der Waals surface area (Å²) >= 11 is 0. The molecule has 2 rings (SSSR count). The maximum Gasteiger partial charge on any atom is 0.251 e. The smallest absolute Gasteiger partial charge is 0.251 e. The standard InChI is InChI=1S/C23H30N2O5S/c1-6-12-24-31(27,28)20-9-7-8-19(13-20)23(26)25-17(4)18-10-11-21(22(14-18)29-5)30-15-16(2)3/h6-11,13-14,16-17,24H,1,12,15H2,2-5H3,(H,25,26). The van der Waals surface area contributed by atoms with Gasteiger partial charge in [0.15, 0.2) is 11.5 Å². The van der Waals surface area contributed by atoms with Gasteiger partial charge in [-0.05, 0) is 48.7 Å². The molecule has 1 atom stereocenters. The number of amides is 1. The van der Waals surface area contributed by atoms with Crippen molar-refractivity contribution in [2.75, 3.05) is 20.3 Å². The zero-order valence-corrected chi connectivity index (χ0v) is 19.2. The molecule has 7 nitrogen and oxygen atoms in total. The molecule has 0 aliphatic carbocycles. The molecule has 1 amide bonds. The molecule has 0 saturated carbocycles. The van der Waals surface area contributed by atoms with Crippen LogP contribution in [-0.4, -0.2) is 34.6 Å². The van der Waals surface area contributed by atoms with E-state index in [4.69, 9.17) is 9.47 Å². The van der Waals surface area contributed by atoms with Crippen LogP contribution in [0, 0.1) is 5.92 Å². The van der Waals surface area contributed by atoms with Crippen molar-refractivity contribution < 1.29 is 22.7 Å². The fourth-order valence-corrected chi connectivity index (χ4v) is 3.79. The van der Waals surface area contributed by atoms with Crippen LogP contribution in [0.25, 0.3) is 0 Å². The highest BCUT2D eigenvalue weighted by Crippen LogP contribution is 2.30. The van der Waals surface area contributed by atoms with Crippen LogP contribution in [0.1, 0.15) is 42.7 Å². The predicted molar refractivity (Wildman–Crippen MR) is 121 cm³/mol. The van der Waals surface area contributed by atoms with Crippen LogP contribution in [-0.2, 0) is 10.0 Å². The molecule has 8 heteroatoms. The Morgan fingerprint density at radius 1 is 1.13 bits per heavy atom. The highest BCUT2D eigenvalue weighted by atomic mass is 32.2. The highest BCUT2D eigenvalue weighted by Gasteiger charge is 2.18. The van der Waals surface area contributed by atoms with Gasteiger partial charge in [-0.15, -0.1) is 6.58 Å². The second kappa shape index (κ2) is 11.0. The van der Waals surface area contributed by atoms with Crippen LogP contribution < -0.4 is 19.5 Å². The molecule has 2 aromatic carbocycles. The topological polar surface area (TPSA) is 93.7 Å². The van der Waals surface area contributed by atoms with E-state index in [0.29, 0.717) is 24.0 Å². The van der Waals surface area contributed by atoms with Crippen LogP contribution in [0.4, 0.5) is 0 Å². The van der Waals surface area contributed by atoms with E-state index in [1.165, 1.54) is 24.3 Å². The quantitative estimate of drug-likeness (QED) is 0.514. The summed E-state index contributed by atoms with van der Waals surface area (Å²) in [6, 6.07) is 11.1. The number of ether oxygens (including phenoxy) is 2. The summed E-state index contributed by atoms with van der Waals surface area (Å²) in [7, 11) is -2.15. The Balaban J connectivity index is 2.15. The number of nitrogens with one attached hydrogen (secondary N) is 2. The average molecular weight is 447 g/mol. The normalized spacial score (nSPS) is 12.3. The van der Waals surface area contributed by atoms with Crippen LogP contribution in [0.15, 0.2) is 60.0 Å². The van der Waals surface area contributed by atoms with Gasteiger partial charge in [-0.25, -0.2) is 13.1 Å². The minimum atomic E-state index is -3.72. The van der Waals surface area contributed by atoms with Crippen molar-refractivity contribution in [3.8, 4) is 11.5 Å². The third kappa shape index (κ3) is 6.83. The van der Waals surface area contributed by atoms with Crippen molar-refractivity contribution in [2.45, 2.75) is 31.7 Å². The highest BCUT2D eigenvalue weighted by molar-refractivity contribution is 7.89. The molecule has 0 saturated heterocycles. The Kier molecular flexibility index (Phi) is 8.65. The van der Waals surface area contributed by atoms with Crippen molar-refractivity contribution in [2.24, 2.45) is 5.92 Å². The molecule has 2 aromatic rings. The van der Waals surface area contributed by atoms with Gasteiger partial charge >= 0.3 is 0 Å². The van der Waals surface area contributed by atoms with Gasteiger partial charge in [0.05, 0.1) is 24.7 Å². The lowest BCUT2D eigenvalue weighted by Gasteiger charge is -2.18. The van der Waals surface area contributed by atoms with E-state index in [-0.39, 0.29) is 29.0 Å². The van der Waals surface area contributed by atoms with Gasteiger partial charge < -0.3 is 14.8 Å². The van der Waals surface area contributed by atoms with Crippen molar-refractivity contribution >= 4 is 15.9 Å². The molecule has 0 fully saturated rings. The lowest BCUT2D eigenvalue weighted by Crippen LogP contribution is -2.27. The van der Waals surface area contributed by atoms with Crippen LogP contribution in [0.3, 0.4) is 0 Å². The summed E-state index contributed by atoms with van der Waals surface area (Å²) in [5.41, 5.74) is 1.08. The first kappa shape index (κ1) is 24.4.